The molecule has 0 radical (unpaired) electrons. The number of urea groups is 1. The predicted molar refractivity (Wildman–Crippen MR) is 98.9 cm³/mol. The summed E-state index contributed by atoms with van der Waals surface area (Å²) in [6.07, 6.45) is -0.165. The number of hydrogen-bond acceptors (Lipinski definition) is 4. The van der Waals surface area contributed by atoms with Crippen molar-refractivity contribution >= 4 is 35.9 Å². The number of halogens is 2. The topological polar surface area (TPSA) is 96.7 Å². The quantitative estimate of drug-likeness (QED) is 0.701. The minimum atomic E-state index is -0.393. The zero-order valence-electron chi connectivity index (χ0n) is 14.0. The SMILES string of the molecule is CC(N)C1CN(C(=O)CNC(=O)NCc2ccc(Cl)cc2)CCO1.Cl. The van der Waals surface area contributed by atoms with E-state index >= 15 is 0 Å². The van der Waals surface area contributed by atoms with Crippen molar-refractivity contribution in [2.24, 2.45) is 5.73 Å². The second-order valence-corrected chi connectivity index (χ2v) is 6.21. The Labute approximate surface area is 158 Å². The number of nitrogens with zero attached hydrogens (tertiary/aromatic N) is 1. The van der Waals surface area contributed by atoms with Crippen LogP contribution < -0.4 is 16.4 Å². The van der Waals surface area contributed by atoms with Crippen LogP contribution in [0.1, 0.15) is 12.5 Å². The summed E-state index contributed by atoms with van der Waals surface area (Å²) in [6, 6.07) is 6.64. The number of amides is 3. The largest absolute Gasteiger partial charge is 0.373 e. The fourth-order valence-electron chi connectivity index (χ4n) is 2.33. The molecule has 1 heterocycles. The number of ether oxygens (including phenoxy) is 1. The lowest BCUT2D eigenvalue weighted by atomic mass is 10.1. The summed E-state index contributed by atoms with van der Waals surface area (Å²) in [5.41, 5.74) is 6.73. The van der Waals surface area contributed by atoms with Gasteiger partial charge in [0, 0.05) is 30.7 Å². The molecule has 2 rings (SSSR count). The molecule has 7 nitrogen and oxygen atoms in total. The molecule has 1 fully saturated rings. The van der Waals surface area contributed by atoms with Gasteiger partial charge in [-0.2, -0.15) is 0 Å². The van der Waals surface area contributed by atoms with Gasteiger partial charge in [-0.1, -0.05) is 23.7 Å². The summed E-state index contributed by atoms with van der Waals surface area (Å²) < 4.78 is 5.51. The zero-order valence-corrected chi connectivity index (χ0v) is 15.6. The van der Waals surface area contributed by atoms with Gasteiger partial charge < -0.3 is 26.0 Å². The molecule has 25 heavy (non-hydrogen) atoms. The fraction of sp³-hybridized carbons (Fsp3) is 0.500. The third-order valence-electron chi connectivity index (χ3n) is 3.80. The van der Waals surface area contributed by atoms with Gasteiger partial charge in [0.05, 0.1) is 19.3 Å². The maximum absolute atomic E-state index is 12.2. The van der Waals surface area contributed by atoms with Crippen LogP contribution in [0.15, 0.2) is 24.3 Å². The Kier molecular flexibility index (Phi) is 8.99. The van der Waals surface area contributed by atoms with E-state index in [4.69, 9.17) is 22.1 Å². The standard InChI is InChI=1S/C16H23ClN4O3.ClH/c1-11(18)14-10-21(6-7-24-14)15(22)9-20-16(23)19-8-12-2-4-13(17)5-3-12;/h2-5,11,14H,6-10,18H2,1H3,(H2,19,20,23);1H. The lowest BCUT2D eigenvalue weighted by molar-refractivity contribution is -0.138. The van der Waals surface area contributed by atoms with E-state index in [9.17, 15) is 9.59 Å². The molecular weight excluding hydrogens is 367 g/mol. The van der Waals surface area contributed by atoms with Gasteiger partial charge >= 0.3 is 6.03 Å². The van der Waals surface area contributed by atoms with Crippen LogP contribution in [-0.2, 0) is 16.1 Å². The molecule has 140 valence electrons. The summed E-state index contributed by atoms with van der Waals surface area (Å²) >= 11 is 5.80. The highest BCUT2D eigenvalue weighted by Gasteiger charge is 2.26. The molecule has 0 aromatic heterocycles. The second kappa shape index (κ2) is 10.5. The molecule has 1 saturated heterocycles. The first-order valence-electron chi connectivity index (χ1n) is 7.87. The molecule has 2 atom stereocenters. The molecule has 2 unspecified atom stereocenters. The molecule has 1 aliphatic rings. The average Bonchev–Trinajstić information content (AvgIpc) is 2.59. The van der Waals surface area contributed by atoms with Gasteiger partial charge in [0.25, 0.3) is 0 Å². The van der Waals surface area contributed by atoms with Crippen LogP contribution in [-0.4, -0.2) is 55.2 Å². The van der Waals surface area contributed by atoms with E-state index in [0.717, 1.165) is 5.56 Å². The molecule has 1 aromatic carbocycles. The van der Waals surface area contributed by atoms with Crippen molar-refractivity contribution in [1.82, 2.24) is 15.5 Å². The Morgan fingerprint density at radius 2 is 2.04 bits per heavy atom. The minimum Gasteiger partial charge on any atom is -0.373 e. The zero-order chi connectivity index (χ0) is 17.5. The Morgan fingerprint density at radius 3 is 2.68 bits per heavy atom. The predicted octanol–water partition coefficient (Wildman–Crippen LogP) is 1.14. The molecular formula is C16H24Cl2N4O3. The molecule has 3 amide bonds. The molecule has 0 saturated carbocycles. The number of rotatable bonds is 5. The van der Waals surface area contributed by atoms with Gasteiger partial charge in [0.15, 0.2) is 0 Å². The van der Waals surface area contributed by atoms with Crippen molar-refractivity contribution in [3.05, 3.63) is 34.9 Å². The molecule has 4 N–H and O–H groups in total. The van der Waals surface area contributed by atoms with Gasteiger partial charge in [-0.25, -0.2) is 4.79 Å². The highest BCUT2D eigenvalue weighted by Crippen LogP contribution is 2.09. The van der Waals surface area contributed by atoms with Crippen LogP contribution in [0.4, 0.5) is 4.79 Å². The van der Waals surface area contributed by atoms with Gasteiger partial charge in [-0.05, 0) is 24.6 Å². The Morgan fingerprint density at radius 1 is 1.36 bits per heavy atom. The first kappa shape index (κ1) is 21.5. The van der Waals surface area contributed by atoms with Crippen LogP contribution in [0, 0.1) is 0 Å². The summed E-state index contributed by atoms with van der Waals surface area (Å²) in [6.45, 7) is 3.57. The van der Waals surface area contributed by atoms with Crippen LogP contribution in [0.2, 0.25) is 5.02 Å². The third kappa shape index (κ3) is 7.07. The van der Waals surface area contributed by atoms with Crippen molar-refractivity contribution in [3.8, 4) is 0 Å². The maximum atomic E-state index is 12.2. The minimum absolute atomic E-state index is 0. The van der Waals surface area contributed by atoms with E-state index in [2.05, 4.69) is 10.6 Å². The molecule has 9 heteroatoms. The number of hydrogen-bond donors (Lipinski definition) is 3. The van der Waals surface area contributed by atoms with Gasteiger partial charge in [-0.15, -0.1) is 12.4 Å². The normalized spacial score (nSPS) is 18.0. The van der Waals surface area contributed by atoms with Gasteiger partial charge in [0.1, 0.15) is 0 Å². The van der Waals surface area contributed by atoms with Gasteiger partial charge in [-0.3, -0.25) is 4.79 Å². The summed E-state index contributed by atoms with van der Waals surface area (Å²) in [5.74, 6) is -0.148. The van der Waals surface area contributed by atoms with Crippen LogP contribution >= 0.6 is 24.0 Å². The number of nitrogens with two attached hydrogens (primary N) is 1. The number of carbonyl (C=O) groups is 2. The Balaban J connectivity index is 0.00000312. The molecule has 0 aliphatic carbocycles. The molecule has 1 aromatic rings. The van der Waals surface area contributed by atoms with E-state index in [1.165, 1.54) is 0 Å². The lowest BCUT2D eigenvalue weighted by Crippen LogP contribution is -2.53. The number of carbonyl (C=O) groups excluding carboxylic acids is 2. The van der Waals surface area contributed by atoms with E-state index in [0.29, 0.717) is 31.3 Å². The summed E-state index contributed by atoms with van der Waals surface area (Å²) in [4.78, 5) is 25.6. The first-order chi connectivity index (χ1) is 11.5. The Hall–Kier alpha value is -1.54. The van der Waals surface area contributed by atoms with Crippen molar-refractivity contribution < 1.29 is 14.3 Å². The maximum Gasteiger partial charge on any atom is 0.315 e. The lowest BCUT2D eigenvalue weighted by Gasteiger charge is -2.34. The van der Waals surface area contributed by atoms with Gasteiger partial charge in [0.2, 0.25) is 5.91 Å². The monoisotopic (exact) mass is 390 g/mol. The van der Waals surface area contributed by atoms with E-state index < -0.39 is 6.03 Å². The number of nitrogens with one attached hydrogen (secondary N) is 2. The van der Waals surface area contributed by atoms with Crippen molar-refractivity contribution in [1.29, 1.82) is 0 Å². The summed E-state index contributed by atoms with van der Waals surface area (Å²) in [7, 11) is 0. The van der Waals surface area contributed by atoms with Crippen LogP contribution in [0.3, 0.4) is 0 Å². The highest BCUT2D eigenvalue weighted by atomic mass is 35.5. The van der Waals surface area contributed by atoms with Crippen molar-refractivity contribution in [3.63, 3.8) is 0 Å². The molecule has 0 bridgehead atoms. The highest BCUT2D eigenvalue weighted by molar-refractivity contribution is 6.30. The fourth-order valence-corrected chi connectivity index (χ4v) is 2.46. The number of benzene rings is 1. The molecule has 0 spiro atoms. The van der Waals surface area contributed by atoms with E-state index in [1.54, 1.807) is 17.0 Å². The van der Waals surface area contributed by atoms with Crippen LogP contribution in [0.5, 0.6) is 0 Å². The first-order valence-corrected chi connectivity index (χ1v) is 8.24. The van der Waals surface area contributed by atoms with Crippen LogP contribution in [0.25, 0.3) is 0 Å². The van der Waals surface area contributed by atoms with E-state index in [1.807, 2.05) is 19.1 Å². The Bertz CT molecular complexity index is 569. The van der Waals surface area contributed by atoms with E-state index in [-0.39, 0.29) is 37.0 Å². The number of morpholine rings is 1. The smallest absolute Gasteiger partial charge is 0.315 e. The van der Waals surface area contributed by atoms with Crippen molar-refractivity contribution in [2.45, 2.75) is 25.6 Å². The average molecular weight is 391 g/mol. The van der Waals surface area contributed by atoms with Crippen molar-refractivity contribution in [2.75, 3.05) is 26.2 Å². The second-order valence-electron chi connectivity index (χ2n) is 5.77. The summed E-state index contributed by atoms with van der Waals surface area (Å²) in [5, 5.41) is 5.90. The molecule has 1 aliphatic heterocycles. The third-order valence-corrected chi connectivity index (χ3v) is 4.05.